The minimum Gasteiger partial charge on any atom is -0.487 e. The number of ether oxygens (including phenoxy) is 1. The smallest absolute Gasteiger partial charge is 0.138 e. The van der Waals surface area contributed by atoms with Crippen molar-refractivity contribution in [2.75, 3.05) is 5.88 Å². The number of halogens is 2. The van der Waals surface area contributed by atoms with Gasteiger partial charge in [0.05, 0.1) is 11.4 Å². The lowest BCUT2D eigenvalue weighted by Gasteiger charge is -2.12. The second-order valence-corrected chi connectivity index (χ2v) is 5.00. The van der Waals surface area contributed by atoms with Crippen LogP contribution in [0.25, 0.3) is 0 Å². The summed E-state index contributed by atoms with van der Waals surface area (Å²) < 4.78 is 19.2. The van der Waals surface area contributed by atoms with Gasteiger partial charge in [-0.1, -0.05) is 30.0 Å². The van der Waals surface area contributed by atoms with Crippen molar-refractivity contribution in [2.24, 2.45) is 0 Å². The number of rotatable bonds is 3. The van der Waals surface area contributed by atoms with E-state index in [0.717, 1.165) is 16.7 Å². The standard InChI is InChI=1S/C18H16ClFO/c1-13-5-3-6-14(2)17(13)12-21-18-11-16(20)9-8-15(18)7-4-10-19/h3,5-6,8-9,11H,10,12H2,1-2H3. The van der Waals surface area contributed by atoms with Crippen molar-refractivity contribution < 1.29 is 9.13 Å². The minimum absolute atomic E-state index is 0.230. The van der Waals surface area contributed by atoms with Crippen LogP contribution in [0.3, 0.4) is 0 Å². The van der Waals surface area contributed by atoms with E-state index in [1.165, 1.54) is 12.1 Å². The fraction of sp³-hybridized carbons (Fsp3) is 0.222. The third-order valence-electron chi connectivity index (χ3n) is 3.25. The third-order valence-corrected chi connectivity index (χ3v) is 3.38. The highest BCUT2D eigenvalue weighted by molar-refractivity contribution is 6.19. The highest BCUT2D eigenvalue weighted by Crippen LogP contribution is 2.22. The summed E-state index contributed by atoms with van der Waals surface area (Å²) in [5.74, 6) is 5.97. The first-order valence-corrected chi connectivity index (χ1v) is 7.17. The second kappa shape index (κ2) is 7.15. The van der Waals surface area contributed by atoms with Crippen LogP contribution in [0.5, 0.6) is 5.75 Å². The van der Waals surface area contributed by atoms with Crippen LogP contribution < -0.4 is 4.74 Å². The molecule has 0 unspecified atom stereocenters. The number of hydrogen-bond acceptors (Lipinski definition) is 1. The van der Waals surface area contributed by atoms with E-state index in [1.54, 1.807) is 6.07 Å². The summed E-state index contributed by atoms with van der Waals surface area (Å²) in [6, 6.07) is 10.4. The van der Waals surface area contributed by atoms with Crippen LogP contribution in [-0.2, 0) is 6.61 Å². The molecule has 0 bridgehead atoms. The highest BCUT2D eigenvalue weighted by atomic mass is 35.5. The summed E-state index contributed by atoms with van der Waals surface area (Å²) in [5, 5.41) is 0. The summed E-state index contributed by atoms with van der Waals surface area (Å²) >= 11 is 5.56. The first-order chi connectivity index (χ1) is 10.1. The van der Waals surface area contributed by atoms with E-state index in [4.69, 9.17) is 16.3 Å². The molecular formula is C18H16ClFO. The SMILES string of the molecule is Cc1cccc(C)c1COc1cc(F)ccc1C#CCCl. The Balaban J connectivity index is 2.25. The van der Waals surface area contributed by atoms with Crippen molar-refractivity contribution in [3.63, 3.8) is 0 Å². The lowest BCUT2D eigenvalue weighted by molar-refractivity contribution is 0.302. The van der Waals surface area contributed by atoms with Gasteiger partial charge in [0.1, 0.15) is 18.2 Å². The molecular weight excluding hydrogens is 287 g/mol. The van der Waals surface area contributed by atoms with Gasteiger partial charge in [0, 0.05) is 6.07 Å². The Morgan fingerprint density at radius 2 is 1.86 bits per heavy atom. The first kappa shape index (κ1) is 15.4. The Kier molecular flexibility index (Phi) is 5.25. The molecule has 0 fully saturated rings. The molecule has 0 spiro atoms. The zero-order valence-corrected chi connectivity index (χ0v) is 12.8. The van der Waals surface area contributed by atoms with Crippen LogP contribution in [0.1, 0.15) is 22.3 Å². The average molecular weight is 303 g/mol. The van der Waals surface area contributed by atoms with Crippen LogP contribution in [0.15, 0.2) is 36.4 Å². The predicted octanol–water partition coefficient (Wildman–Crippen LogP) is 4.61. The van der Waals surface area contributed by atoms with Crippen molar-refractivity contribution >= 4 is 11.6 Å². The molecule has 0 heterocycles. The van der Waals surface area contributed by atoms with Crippen molar-refractivity contribution in [2.45, 2.75) is 20.5 Å². The van der Waals surface area contributed by atoms with Gasteiger partial charge in [0.2, 0.25) is 0 Å². The fourth-order valence-corrected chi connectivity index (χ4v) is 2.14. The van der Waals surface area contributed by atoms with Crippen LogP contribution in [-0.4, -0.2) is 5.88 Å². The Morgan fingerprint density at radius 3 is 2.52 bits per heavy atom. The van der Waals surface area contributed by atoms with Crippen molar-refractivity contribution in [3.05, 3.63) is 64.5 Å². The molecule has 0 amide bonds. The summed E-state index contributed by atoms with van der Waals surface area (Å²) in [7, 11) is 0. The summed E-state index contributed by atoms with van der Waals surface area (Å²) in [6.45, 7) is 4.45. The van der Waals surface area contributed by atoms with Crippen LogP contribution in [0, 0.1) is 31.5 Å². The molecule has 2 rings (SSSR count). The molecule has 0 aliphatic rings. The van der Waals surface area contributed by atoms with Crippen molar-refractivity contribution in [1.29, 1.82) is 0 Å². The molecule has 2 aromatic rings. The zero-order valence-electron chi connectivity index (χ0n) is 12.0. The predicted molar refractivity (Wildman–Crippen MR) is 84.2 cm³/mol. The minimum atomic E-state index is -0.345. The van der Waals surface area contributed by atoms with E-state index in [9.17, 15) is 4.39 Å². The van der Waals surface area contributed by atoms with Gasteiger partial charge in [-0.2, -0.15) is 0 Å². The molecule has 108 valence electrons. The topological polar surface area (TPSA) is 9.23 Å². The van der Waals surface area contributed by atoms with Crippen molar-refractivity contribution in [1.82, 2.24) is 0 Å². The molecule has 3 heteroatoms. The van der Waals surface area contributed by atoms with E-state index in [2.05, 4.69) is 11.8 Å². The maximum Gasteiger partial charge on any atom is 0.138 e. The largest absolute Gasteiger partial charge is 0.487 e. The van der Waals surface area contributed by atoms with Crippen LogP contribution in [0.4, 0.5) is 4.39 Å². The third kappa shape index (κ3) is 4.00. The van der Waals surface area contributed by atoms with Gasteiger partial charge in [0.25, 0.3) is 0 Å². The zero-order chi connectivity index (χ0) is 15.2. The maximum absolute atomic E-state index is 13.4. The van der Waals surface area contributed by atoms with Gasteiger partial charge in [-0.3, -0.25) is 0 Å². The Morgan fingerprint density at radius 1 is 1.14 bits per heavy atom. The maximum atomic E-state index is 13.4. The Hall–Kier alpha value is -1.98. The molecule has 21 heavy (non-hydrogen) atoms. The van der Waals surface area contributed by atoms with Gasteiger partial charge < -0.3 is 4.74 Å². The molecule has 2 aromatic carbocycles. The molecule has 1 nitrogen and oxygen atoms in total. The molecule has 0 atom stereocenters. The van der Waals surface area contributed by atoms with Gasteiger partial charge in [-0.25, -0.2) is 4.39 Å². The molecule has 0 radical (unpaired) electrons. The highest BCUT2D eigenvalue weighted by Gasteiger charge is 2.07. The quantitative estimate of drug-likeness (QED) is 0.594. The summed E-state index contributed by atoms with van der Waals surface area (Å²) in [5.41, 5.74) is 4.06. The van der Waals surface area contributed by atoms with E-state index >= 15 is 0 Å². The number of aryl methyl sites for hydroxylation is 2. The van der Waals surface area contributed by atoms with E-state index in [0.29, 0.717) is 17.9 Å². The van der Waals surface area contributed by atoms with Gasteiger partial charge in [0.15, 0.2) is 0 Å². The average Bonchev–Trinajstić information content (AvgIpc) is 2.46. The molecule has 0 saturated carbocycles. The summed E-state index contributed by atoms with van der Waals surface area (Å²) in [6.07, 6.45) is 0. The van der Waals surface area contributed by atoms with E-state index in [1.807, 2.05) is 32.0 Å². The number of alkyl halides is 1. The van der Waals surface area contributed by atoms with Crippen LogP contribution >= 0.6 is 11.6 Å². The molecule has 0 saturated heterocycles. The monoisotopic (exact) mass is 302 g/mol. The van der Waals surface area contributed by atoms with Gasteiger partial charge in [-0.05, 0) is 42.7 Å². The number of benzene rings is 2. The molecule has 0 aromatic heterocycles. The number of hydrogen-bond donors (Lipinski definition) is 0. The lowest BCUT2D eigenvalue weighted by Crippen LogP contribution is -2.02. The Bertz CT molecular complexity index is 678. The van der Waals surface area contributed by atoms with E-state index < -0.39 is 0 Å². The lowest BCUT2D eigenvalue weighted by atomic mass is 10.0. The Labute approximate surface area is 129 Å². The fourth-order valence-electron chi connectivity index (χ4n) is 2.07. The molecule has 0 N–H and O–H groups in total. The van der Waals surface area contributed by atoms with E-state index in [-0.39, 0.29) is 11.7 Å². The summed E-state index contributed by atoms with van der Waals surface area (Å²) in [4.78, 5) is 0. The van der Waals surface area contributed by atoms with Crippen LogP contribution in [0.2, 0.25) is 0 Å². The van der Waals surface area contributed by atoms with Gasteiger partial charge >= 0.3 is 0 Å². The normalized spacial score (nSPS) is 9.90. The second-order valence-electron chi connectivity index (χ2n) is 4.73. The molecule has 0 aliphatic carbocycles. The van der Waals surface area contributed by atoms with Gasteiger partial charge in [-0.15, -0.1) is 11.6 Å². The first-order valence-electron chi connectivity index (χ1n) is 6.64. The molecule has 0 aliphatic heterocycles. The van der Waals surface area contributed by atoms with Crippen molar-refractivity contribution in [3.8, 4) is 17.6 Å².